The van der Waals surface area contributed by atoms with Gasteiger partial charge in [0.25, 0.3) is 0 Å². The van der Waals surface area contributed by atoms with Crippen LogP contribution in [0.3, 0.4) is 0 Å². The van der Waals surface area contributed by atoms with E-state index in [0.29, 0.717) is 12.0 Å². The lowest BCUT2D eigenvalue weighted by Gasteiger charge is -2.24. The SMILES string of the molecule is CC(C)CC(NC(C)c1cccc(CO)c1)c1cccs1. The summed E-state index contributed by atoms with van der Waals surface area (Å²) in [7, 11) is 0. The van der Waals surface area contributed by atoms with Crippen LogP contribution in [0.25, 0.3) is 0 Å². The van der Waals surface area contributed by atoms with Gasteiger partial charge in [-0.25, -0.2) is 0 Å². The number of nitrogens with one attached hydrogen (secondary N) is 1. The van der Waals surface area contributed by atoms with Gasteiger partial charge < -0.3 is 10.4 Å². The molecule has 0 aliphatic rings. The highest BCUT2D eigenvalue weighted by Gasteiger charge is 2.17. The van der Waals surface area contributed by atoms with Gasteiger partial charge in [-0.05, 0) is 41.8 Å². The second-order valence-electron chi connectivity index (χ2n) is 5.99. The fourth-order valence-electron chi connectivity index (χ4n) is 2.59. The van der Waals surface area contributed by atoms with Crippen molar-refractivity contribution in [2.75, 3.05) is 0 Å². The number of thiophene rings is 1. The van der Waals surface area contributed by atoms with E-state index in [-0.39, 0.29) is 12.6 Å². The van der Waals surface area contributed by atoms with E-state index in [1.165, 1.54) is 10.4 Å². The van der Waals surface area contributed by atoms with Crippen molar-refractivity contribution in [3.8, 4) is 0 Å². The van der Waals surface area contributed by atoms with E-state index in [0.717, 1.165) is 12.0 Å². The summed E-state index contributed by atoms with van der Waals surface area (Å²) in [5.74, 6) is 0.653. The molecule has 0 radical (unpaired) electrons. The molecule has 0 bridgehead atoms. The second kappa shape index (κ2) is 7.74. The van der Waals surface area contributed by atoms with Crippen molar-refractivity contribution in [3.63, 3.8) is 0 Å². The Morgan fingerprint density at radius 2 is 1.95 bits per heavy atom. The van der Waals surface area contributed by atoms with E-state index in [1.807, 2.05) is 23.5 Å². The summed E-state index contributed by atoms with van der Waals surface area (Å²) in [4.78, 5) is 1.40. The topological polar surface area (TPSA) is 32.3 Å². The van der Waals surface area contributed by atoms with Crippen molar-refractivity contribution in [2.24, 2.45) is 5.92 Å². The molecular formula is C18H25NOS. The average molecular weight is 303 g/mol. The number of aliphatic hydroxyl groups excluding tert-OH is 1. The van der Waals surface area contributed by atoms with Crippen molar-refractivity contribution in [1.82, 2.24) is 5.32 Å². The number of aliphatic hydroxyl groups is 1. The summed E-state index contributed by atoms with van der Waals surface area (Å²) in [6, 6.07) is 13.2. The molecule has 2 unspecified atom stereocenters. The minimum absolute atomic E-state index is 0.0981. The Morgan fingerprint density at radius 1 is 1.14 bits per heavy atom. The molecule has 0 saturated heterocycles. The zero-order valence-corrected chi connectivity index (χ0v) is 13.9. The first-order valence-corrected chi connectivity index (χ1v) is 8.47. The first-order valence-electron chi connectivity index (χ1n) is 7.59. The van der Waals surface area contributed by atoms with E-state index in [2.05, 4.69) is 55.7 Å². The number of rotatable bonds is 7. The van der Waals surface area contributed by atoms with Crippen LogP contribution in [0, 0.1) is 5.92 Å². The standard InChI is InChI=1S/C18H25NOS/c1-13(2)10-17(18-8-5-9-21-18)19-14(3)16-7-4-6-15(11-16)12-20/h4-9,11,13-14,17,19-20H,10,12H2,1-3H3. The lowest BCUT2D eigenvalue weighted by atomic mass is 9.99. The van der Waals surface area contributed by atoms with Gasteiger partial charge in [0.15, 0.2) is 0 Å². The van der Waals surface area contributed by atoms with Gasteiger partial charge in [-0.15, -0.1) is 11.3 Å². The predicted molar refractivity (Wildman–Crippen MR) is 90.4 cm³/mol. The van der Waals surface area contributed by atoms with Crippen LogP contribution < -0.4 is 5.32 Å². The highest BCUT2D eigenvalue weighted by Crippen LogP contribution is 2.28. The Kier molecular flexibility index (Phi) is 5.97. The number of hydrogen-bond acceptors (Lipinski definition) is 3. The van der Waals surface area contributed by atoms with Crippen LogP contribution in [-0.2, 0) is 6.61 Å². The maximum Gasteiger partial charge on any atom is 0.0681 e. The van der Waals surface area contributed by atoms with Crippen LogP contribution in [0.4, 0.5) is 0 Å². The molecular weight excluding hydrogens is 278 g/mol. The molecule has 1 heterocycles. The van der Waals surface area contributed by atoms with Gasteiger partial charge >= 0.3 is 0 Å². The molecule has 1 aromatic carbocycles. The molecule has 2 atom stereocenters. The van der Waals surface area contributed by atoms with Gasteiger partial charge in [0.1, 0.15) is 0 Å². The quantitative estimate of drug-likeness (QED) is 0.778. The van der Waals surface area contributed by atoms with Crippen LogP contribution in [-0.4, -0.2) is 5.11 Å². The normalized spacial score (nSPS) is 14.3. The molecule has 1 aromatic heterocycles. The van der Waals surface area contributed by atoms with E-state index in [4.69, 9.17) is 0 Å². The Hall–Kier alpha value is -1.16. The van der Waals surface area contributed by atoms with Gasteiger partial charge in [0.2, 0.25) is 0 Å². The van der Waals surface area contributed by atoms with Crippen LogP contribution in [0.2, 0.25) is 0 Å². The molecule has 21 heavy (non-hydrogen) atoms. The molecule has 0 spiro atoms. The largest absolute Gasteiger partial charge is 0.392 e. The van der Waals surface area contributed by atoms with E-state index in [1.54, 1.807) is 0 Å². The van der Waals surface area contributed by atoms with Gasteiger partial charge in [-0.2, -0.15) is 0 Å². The molecule has 2 nitrogen and oxygen atoms in total. The highest BCUT2D eigenvalue weighted by molar-refractivity contribution is 7.10. The monoisotopic (exact) mass is 303 g/mol. The lowest BCUT2D eigenvalue weighted by molar-refractivity contribution is 0.281. The fourth-order valence-corrected chi connectivity index (χ4v) is 3.39. The fraction of sp³-hybridized carbons (Fsp3) is 0.444. The Bertz CT molecular complexity index is 536. The zero-order valence-electron chi connectivity index (χ0n) is 13.0. The summed E-state index contributed by atoms with van der Waals surface area (Å²) in [6.45, 7) is 6.82. The molecule has 2 N–H and O–H groups in total. The van der Waals surface area contributed by atoms with Crippen molar-refractivity contribution < 1.29 is 5.11 Å². The highest BCUT2D eigenvalue weighted by atomic mass is 32.1. The summed E-state index contributed by atoms with van der Waals surface area (Å²) >= 11 is 1.82. The van der Waals surface area contributed by atoms with Crippen molar-refractivity contribution in [3.05, 3.63) is 57.8 Å². The Labute approximate surface area is 131 Å². The first-order chi connectivity index (χ1) is 10.1. The Balaban J connectivity index is 2.11. The van der Waals surface area contributed by atoms with E-state index in [9.17, 15) is 5.11 Å². The molecule has 0 amide bonds. The van der Waals surface area contributed by atoms with Crippen LogP contribution in [0.1, 0.15) is 55.3 Å². The van der Waals surface area contributed by atoms with Crippen LogP contribution in [0.5, 0.6) is 0 Å². The van der Waals surface area contributed by atoms with E-state index < -0.39 is 0 Å². The third-order valence-electron chi connectivity index (χ3n) is 3.68. The molecule has 0 aliphatic heterocycles. The summed E-state index contributed by atoms with van der Waals surface area (Å²) in [6.07, 6.45) is 1.13. The average Bonchev–Trinajstić information content (AvgIpc) is 3.00. The minimum Gasteiger partial charge on any atom is -0.392 e. The number of hydrogen-bond donors (Lipinski definition) is 2. The molecule has 0 aliphatic carbocycles. The van der Waals surface area contributed by atoms with Gasteiger partial charge in [-0.1, -0.05) is 44.2 Å². The summed E-state index contributed by atoms with van der Waals surface area (Å²) in [5.41, 5.74) is 2.20. The number of benzene rings is 1. The molecule has 0 fully saturated rings. The van der Waals surface area contributed by atoms with Gasteiger partial charge in [0, 0.05) is 17.0 Å². The molecule has 3 heteroatoms. The maximum absolute atomic E-state index is 9.28. The molecule has 2 rings (SSSR count). The molecule has 2 aromatic rings. The van der Waals surface area contributed by atoms with Crippen molar-refractivity contribution in [1.29, 1.82) is 0 Å². The van der Waals surface area contributed by atoms with Crippen LogP contribution in [0.15, 0.2) is 41.8 Å². The smallest absolute Gasteiger partial charge is 0.0681 e. The van der Waals surface area contributed by atoms with E-state index >= 15 is 0 Å². The predicted octanol–water partition coefficient (Wildman–Crippen LogP) is 4.68. The maximum atomic E-state index is 9.28. The van der Waals surface area contributed by atoms with Crippen molar-refractivity contribution in [2.45, 2.75) is 45.9 Å². The Morgan fingerprint density at radius 3 is 2.57 bits per heavy atom. The lowest BCUT2D eigenvalue weighted by Crippen LogP contribution is -2.25. The molecule has 0 saturated carbocycles. The van der Waals surface area contributed by atoms with Crippen molar-refractivity contribution >= 4 is 11.3 Å². The second-order valence-corrected chi connectivity index (χ2v) is 6.97. The first kappa shape index (κ1) is 16.2. The van der Waals surface area contributed by atoms with Gasteiger partial charge in [0.05, 0.1) is 6.61 Å². The molecule has 114 valence electrons. The van der Waals surface area contributed by atoms with Gasteiger partial charge in [-0.3, -0.25) is 0 Å². The summed E-state index contributed by atoms with van der Waals surface area (Å²) in [5, 5.41) is 15.2. The summed E-state index contributed by atoms with van der Waals surface area (Å²) < 4.78 is 0. The minimum atomic E-state index is 0.0981. The van der Waals surface area contributed by atoms with Crippen LogP contribution >= 0.6 is 11.3 Å². The zero-order chi connectivity index (χ0) is 15.2. The third kappa shape index (κ3) is 4.67. The third-order valence-corrected chi connectivity index (χ3v) is 4.66.